The van der Waals surface area contributed by atoms with E-state index in [4.69, 9.17) is 4.74 Å². The van der Waals surface area contributed by atoms with Gasteiger partial charge in [0.25, 0.3) is 0 Å². The number of carbonyl (C=O) groups is 4. The summed E-state index contributed by atoms with van der Waals surface area (Å²) in [6.45, 7) is 8.33. The molecule has 3 fully saturated rings. The molecule has 4 rings (SSSR count). The Balaban J connectivity index is 1.34. The molecule has 4 aliphatic rings. The number of carbonyl (C=O) groups excluding carboxylic acids is 3. The number of aliphatic carboxylic acids is 1. The molecule has 0 unspecified atom stereocenters. The SMILES string of the molecule is CC[C@@H](C)[C@H](NC(=O)CCC(=O)O[C@@H]1CC[C@@H]2[C@H]3CCC4=CC(=O)CC[C@]4(C)[C@@H]3CC[C@@]21C)C(=O)O. The second kappa shape index (κ2) is 10.3. The summed E-state index contributed by atoms with van der Waals surface area (Å²) in [5.41, 5.74) is 1.44. The fourth-order valence-corrected chi connectivity index (χ4v) is 8.07. The van der Waals surface area contributed by atoms with E-state index >= 15 is 0 Å². The van der Waals surface area contributed by atoms with Crippen LogP contribution in [0.5, 0.6) is 0 Å². The average Bonchev–Trinajstić information content (AvgIpc) is 3.17. The number of esters is 1. The molecule has 3 saturated carbocycles. The zero-order chi connectivity index (χ0) is 26.3. The summed E-state index contributed by atoms with van der Waals surface area (Å²) in [5.74, 6) is -0.0631. The van der Waals surface area contributed by atoms with Crippen molar-refractivity contribution in [3.63, 3.8) is 0 Å². The molecule has 36 heavy (non-hydrogen) atoms. The number of hydrogen-bond donors (Lipinski definition) is 2. The van der Waals surface area contributed by atoms with Crippen LogP contribution in [-0.4, -0.2) is 40.9 Å². The minimum atomic E-state index is -1.06. The second-order valence-electron chi connectivity index (χ2n) is 12.3. The van der Waals surface area contributed by atoms with Crippen molar-refractivity contribution in [2.24, 2.45) is 34.5 Å². The van der Waals surface area contributed by atoms with Gasteiger partial charge < -0.3 is 15.2 Å². The normalized spacial score (nSPS) is 37.0. The first-order valence-corrected chi connectivity index (χ1v) is 13.9. The Bertz CT molecular complexity index is 942. The molecule has 0 aliphatic heterocycles. The van der Waals surface area contributed by atoms with E-state index in [-0.39, 0.29) is 47.4 Å². The van der Waals surface area contributed by atoms with Crippen molar-refractivity contribution in [3.05, 3.63) is 11.6 Å². The lowest BCUT2D eigenvalue weighted by Crippen LogP contribution is -2.51. The van der Waals surface area contributed by atoms with Gasteiger partial charge in [0, 0.05) is 18.3 Å². The van der Waals surface area contributed by atoms with Gasteiger partial charge in [-0.15, -0.1) is 0 Å². The molecule has 0 aromatic heterocycles. The van der Waals surface area contributed by atoms with Crippen LogP contribution < -0.4 is 5.32 Å². The lowest BCUT2D eigenvalue weighted by Gasteiger charge is -2.57. The average molecular weight is 502 g/mol. The van der Waals surface area contributed by atoms with Gasteiger partial charge in [-0.2, -0.15) is 0 Å². The molecular weight excluding hydrogens is 458 g/mol. The standard InChI is InChI=1S/C29H43NO6/c1-5-17(2)26(27(34)35)30-24(32)10-11-25(33)36-23-9-8-21-20-7-6-18-16-19(31)12-14-28(18,3)22(20)13-15-29(21,23)4/h16-17,20-23,26H,5-15H2,1-4H3,(H,30,32)(H,34,35)/t17-,20-,21-,22-,23-,26+,28+,29+/m1/s1. The number of fused-ring (bicyclic) bond motifs is 5. The Labute approximate surface area is 214 Å². The molecule has 0 spiro atoms. The molecule has 0 heterocycles. The van der Waals surface area contributed by atoms with Gasteiger partial charge in [0.15, 0.2) is 5.78 Å². The van der Waals surface area contributed by atoms with Gasteiger partial charge in [0.2, 0.25) is 5.91 Å². The van der Waals surface area contributed by atoms with Gasteiger partial charge in [-0.3, -0.25) is 14.4 Å². The maximum atomic E-state index is 12.7. The summed E-state index contributed by atoms with van der Waals surface area (Å²) in [6.07, 6.45) is 10.1. The Morgan fingerprint density at radius 2 is 1.83 bits per heavy atom. The molecule has 0 saturated heterocycles. The van der Waals surface area contributed by atoms with Crippen molar-refractivity contribution in [1.29, 1.82) is 0 Å². The molecule has 0 bridgehead atoms. The van der Waals surface area contributed by atoms with Gasteiger partial charge in [-0.05, 0) is 80.1 Å². The molecule has 1 amide bonds. The predicted molar refractivity (Wildman–Crippen MR) is 135 cm³/mol. The molecule has 200 valence electrons. The molecule has 0 aromatic carbocycles. The van der Waals surface area contributed by atoms with Crippen molar-refractivity contribution in [2.75, 3.05) is 0 Å². The van der Waals surface area contributed by atoms with Gasteiger partial charge in [0.05, 0.1) is 6.42 Å². The van der Waals surface area contributed by atoms with Crippen LogP contribution in [0.25, 0.3) is 0 Å². The first kappa shape index (κ1) is 26.9. The van der Waals surface area contributed by atoms with E-state index in [0.29, 0.717) is 30.6 Å². The van der Waals surface area contributed by atoms with Crippen molar-refractivity contribution in [1.82, 2.24) is 5.32 Å². The number of ketones is 1. The van der Waals surface area contributed by atoms with Crippen molar-refractivity contribution in [2.45, 2.75) is 110 Å². The second-order valence-corrected chi connectivity index (χ2v) is 12.3. The molecule has 0 radical (unpaired) electrons. The van der Waals surface area contributed by atoms with E-state index in [0.717, 1.165) is 44.9 Å². The van der Waals surface area contributed by atoms with Crippen LogP contribution in [0.1, 0.15) is 98.3 Å². The molecule has 2 N–H and O–H groups in total. The Kier molecular flexibility index (Phi) is 7.68. The van der Waals surface area contributed by atoms with E-state index in [1.165, 1.54) is 5.57 Å². The smallest absolute Gasteiger partial charge is 0.326 e. The third-order valence-electron chi connectivity index (χ3n) is 10.5. The van der Waals surface area contributed by atoms with Crippen molar-refractivity contribution < 1.29 is 29.0 Å². The Morgan fingerprint density at radius 1 is 1.08 bits per heavy atom. The Hall–Kier alpha value is -2.18. The molecular formula is C29H43NO6. The van der Waals surface area contributed by atoms with E-state index in [1.807, 2.05) is 13.0 Å². The van der Waals surface area contributed by atoms with Gasteiger partial charge >= 0.3 is 11.9 Å². The number of ether oxygens (including phenoxy) is 1. The van der Waals surface area contributed by atoms with E-state index in [2.05, 4.69) is 19.2 Å². The summed E-state index contributed by atoms with van der Waals surface area (Å²) in [7, 11) is 0. The molecule has 4 aliphatic carbocycles. The van der Waals surface area contributed by atoms with E-state index in [9.17, 15) is 24.3 Å². The number of carboxylic acid groups (broad SMARTS) is 1. The number of allylic oxidation sites excluding steroid dienone is 1. The topological polar surface area (TPSA) is 110 Å². The number of nitrogens with one attached hydrogen (secondary N) is 1. The fraction of sp³-hybridized carbons (Fsp3) is 0.793. The highest BCUT2D eigenvalue weighted by Crippen LogP contribution is 2.65. The predicted octanol–water partition coefficient (Wildman–Crippen LogP) is 4.83. The zero-order valence-electron chi connectivity index (χ0n) is 22.3. The first-order valence-electron chi connectivity index (χ1n) is 13.9. The minimum Gasteiger partial charge on any atom is -0.480 e. The lowest BCUT2D eigenvalue weighted by atomic mass is 9.47. The van der Waals surface area contributed by atoms with Gasteiger partial charge in [-0.25, -0.2) is 4.79 Å². The first-order chi connectivity index (χ1) is 17.0. The number of carboxylic acids is 1. The quantitative estimate of drug-likeness (QED) is 0.461. The van der Waals surface area contributed by atoms with Crippen molar-refractivity contribution >= 4 is 23.6 Å². The van der Waals surface area contributed by atoms with Crippen LogP contribution in [-0.2, 0) is 23.9 Å². The van der Waals surface area contributed by atoms with Crippen LogP contribution in [0.15, 0.2) is 11.6 Å². The zero-order valence-corrected chi connectivity index (χ0v) is 22.3. The summed E-state index contributed by atoms with van der Waals surface area (Å²) in [5, 5.41) is 11.9. The summed E-state index contributed by atoms with van der Waals surface area (Å²) in [4.78, 5) is 48.6. The maximum Gasteiger partial charge on any atom is 0.326 e. The van der Waals surface area contributed by atoms with Crippen LogP contribution in [0.3, 0.4) is 0 Å². The fourth-order valence-electron chi connectivity index (χ4n) is 8.07. The Morgan fingerprint density at radius 3 is 2.53 bits per heavy atom. The van der Waals surface area contributed by atoms with Crippen LogP contribution in [0.4, 0.5) is 0 Å². The van der Waals surface area contributed by atoms with Crippen LogP contribution >= 0.6 is 0 Å². The third-order valence-corrected chi connectivity index (χ3v) is 10.5. The molecule has 7 nitrogen and oxygen atoms in total. The summed E-state index contributed by atoms with van der Waals surface area (Å²) >= 11 is 0. The maximum absolute atomic E-state index is 12.7. The minimum absolute atomic E-state index is 0.0395. The highest BCUT2D eigenvalue weighted by atomic mass is 16.5. The lowest BCUT2D eigenvalue weighted by molar-refractivity contribution is -0.160. The van der Waals surface area contributed by atoms with Crippen LogP contribution in [0.2, 0.25) is 0 Å². The van der Waals surface area contributed by atoms with Crippen LogP contribution in [0, 0.1) is 34.5 Å². The van der Waals surface area contributed by atoms with Gasteiger partial charge in [0.1, 0.15) is 12.1 Å². The highest BCUT2D eigenvalue weighted by molar-refractivity contribution is 5.91. The largest absolute Gasteiger partial charge is 0.480 e. The van der Waals surface area contributed by atoms with Crippen molar-refractivity contribution in [3.8, 4) is 0 Å². The molecule has 8 atom stereocenters. The van der Waals surface area contributed by atoms with E-state index < -0.39 is 17.9 Å². The molecule has 7 heteroatoms. The summed E-state index contributed by atoms with van der Waals surface area (Å²) < 4.78 is 5.99. The number of amides is 1. The molecule has 0 aromatic rings. The number of rotatable bonds is 8. The van der Waals surface area contributed by atoms with Gasteiger partial charge in [-0.1, -0.05) is 39.7 Å². The summed E-state index contributed by atoms with van der Waals surface area (Å²) in [6, 6.07) is -0.946. The van der Waals surface area contributed by atoms with E-state index in [1.54, 1.807) is 6.92 Å². The monoisotopic (exact) mass is 501 g/mol. The highest BCUT2D eigenvalue weighted by Gasteiger charge is 2.59. The number of hydrogen-bond acceptors (Lipinski definition) is 5. The third kappa shape index (κ3) is 4.87.